The second-order valence-corrected chi connectivity index (χ2v) is 7.86. The molecule has 1 amide bonds. The molecule has 0 N–H and O–H groups in total. The van der Waals surface area contributed by atoms with E-state index in [-0.39, 0.29) is 11.7 Å². The number of amides is 1. The van der Waals surface area contributed by atoms with Crippen molar-refractivity contribution in [2.24, 2.45) is 5.92 Å². The number of pyridine rings is 1. The molecule has 0 atom stereocenters. The highest BCUT2D eigenvalue weighted by atomic mass is 19.1. The normalized spacial score (nSPS) is 18.4. The van der Waals surface area contributed by atoms with Crippen LogP contribution in [-0.4, -0.2) is 55.1 Å². The lowest BCUT2D eigenvalue weighted by Crippen LogP contribution is -2.46. The first-order valence-corrected chi connectivity index (χ1v) is 10.1. The minimum Gasteiger partial charge on any atom is -0.368 e. The molecule has 0 aliphatic carbocycles. The lowest BCUT2D eigenvalue weighted by atomic mass is 9.99. The van der Waals surface area contributed by atoms with Crippen molar-refractivity contribution in [1.29, 1.82) is 0 Å². The Morgan fingerprint density at radius 1 is 0.929 bits per heavy atom. The monoisotopic (exact) mass is 382 g/mol. The number of hydrogen-bond donors (Lipinski definition) is 0. The van der Waals surface area contributed by atoms with Crippen molar-refractivity contribution in [2.45, 2.75) is 19.8 Å². The van der Waals surface area contributed by atoms with Gasteiger partial charge in [-0.15, -0.1) is 0 Å². The van der Waals surface area contributed by atoms with Gasteiger partial charge in [-0.1, -0.05) is 6.92 Å². The Morgan fingerprint density at radius 3 is 2.18 bits per heavy atom. The van der Waals surface area contributed by atoms with E-state index in [0.29, 0.717) is 11.5 Å². The number of halogens is 1. The smallest absolute Gasteiger partial charge is 0.255 e. The summed E-state index contributed by atoms with van der Waals surface area (Å²) in [6, 6.07) is 8.63. The number of hydrogen-bond acceptors (Lipinski definition) is 4. The van der Waals surface area contributed by atoms with Crippen LogP contribution in [0.4, 0.5) is 15.8 Å². The number of piperazine rings is 1. The van der Waals surface area contributed by atoms with Gasteiger partial charge < -0.3 is 14.7 Å². The molecule has 0 spiro atoms. The van der Waals surface area contributed by atoms with Gasteiger partial charge in [-0.05, 0) is 49.1 Å². The lowest BCUT2D eigenvalue weighted by Gasteiger charge is -2.37. The Bertz CT molecular complexity index is 810. The number of benzene rings is 1. The van der Waals surface area contributed by atoms with E-state index < -0.39 is 0 Å². The fourth-order valence-electron chi connectivity index (χ4n) is 3.99. The maximum Gasteiger partial charge on any atom is 0.255 e. The first-order chi connectivity index (χ1) is 13.6. The Balaban J connectivity index is 1.39. The minimum atomic E-state index is -0.210. The largest absolute Gasteiger partial charge is 0.368 e. The van der Waals surface area contributed by atoms with Crippen LogP contribution in [0.25, 0.3) is 0 Å². The summed E-state index contributed by atoms with van der Waals surface area (Å²) in [6.45, 7) is 7.31. The molecule has 6 heteroatoms. The van der Waals surface area contributed by atoms with Gasteiger partial charge >= 0.3 is 0 Å². The molecule has 148 valence electrons. The third-order valence-electron chi connectivity index (χ3n) is 5.88. The number of anilines is 2. The zero-order valence-corrected chi connectivity index (χ0v) is 16.4. The quantitative estimate of drug-likeness (QED) is 0.816. The maximum atomic E-state index is 13.1. The van der Waals surface area contributed by atoms with Gasteiger partial charge in [0, 0.05) is 51.2 Å². The van der Waals surface area contributed by atoms with Crippen LogP contribution in [0.5, 0.6) is 0 Å². The predicted octanol–water partition coefficient (Wildman–Crippen LogP) is 3.42. The van der Waals surface area contributed by atoms with Crippen LogP contribution in [0.3, 0.4) is 0 Å². The Morgan fingerprint density at radius 2 is 1.54 bits per heavy atom. The van der Waals surface area contributed by atoms with Gasteiger partial charge in [0.05, 0.1) is 17.4 Å². The average Bonchev–Trinajstić information content (AvgIpc) is 2.75. The molecule has 2 aromatic rings. The average molecular weight is 382 g/mol. The third kappa shape index (κ3) is 4.11. The lowest BCUT2D eigenvalue weighted by molar-refractivity contribution is 0.0697. The van der Waals surface area contributed by atoms with Crippen molar-refractivity contribution in [3.8, 4) is 0 Å². The number of rotatable bonds is 3. The summed E-state index contributed by atoms with van der Waals surface area (Å²) < 4.78 is 13.1. The number of carbonyl (C=O) groups excluding carboxylic acids is 1. The van der Waals surface area contributed by atoms with E-state index in [4.69, 9.17) is 0 Å². The molecule has 5 nitrogen and oxygen atoms in total. The summed E-state index contributed by atoms with van der Waals surface area (Å²) in [6.07, 6.45) is 5.66. The Labute approximate surface area is 165 Å². The van der Waals surface area contributed by atoms with Crippen LogP contribution >= 0.6 is 0 Å². The molecular weight excluding hydrogens is 355 g/mol. The van der Waals surface area contributed by atoms with Gasteiger partial charge in [0.25, 0.3) is 5.91 Å². The van der Waals surface area contributed by atoms with Crippen molar-refractivity contribution in [1.82, 2.24) is 9.88 Å². The molecule has 0 radical (unpaired) electrons. The van der Waals surface area contributed by atoms with Gasteiger partial charge in [0.1, 0.15) is 5.82 Å². The molecule has 4 rings (SSSR count). The van der Waals surface area contributed by atoms with Gasteiger partial charge in [-0.2, -0.15) is 0 Å². The summed E-state index contributed by atoms with van der Waals surface area (Å²) in [5.41, 5.74) is 2.71. The summed E-state index contributed by atoms with van der Waals surface area (Å²) in [5, 5.41) is 0. The van der Waals surface area contributed by atoms with E-state index in [1.807, 2.05) is 29.3 Å². The van der Waals surface area contributed by atoms with Gasteiger partial charge in [0.2, 0.25) is 0 Å². The van der Waals surface area contributed by atoms with Crippen LogP contribution < -0.4 is 9.80 Å². The molecule has 1 aromatic carbocycles. The van der Waals surface area contributed by atoms with Crippen molar-refractivity contribution in [3.63, 3.8) is 0 Å². The molecule has 2 fully saturated rings. The standard InChI is InChI=1S/C22H27FN4O/c1-17-6-8-27(9-7-17)22(28)18-14-21(16-24-15-18)26-12-10-25(11-13-26)20-4-2-19(23)3-5-20/h2-5,14-17H,6-13H2,1H3. The second-order valence-electron chi connectivity index (χ2n) is 7.86. The van der Waals surface area contributed by atoms with E-state index in [1.54, 1.807) is 6.20 Å². The van der Waals surface area contributed by atoms with Gasteiger partial charge in [-0.3, -0.25) is 9.78 Å². The highest BCUT2D eigenvalue weighted by Crippen LogP contribution is 2.23. The van der Waals surface area contributed by atoms with E-state index in [9.17, 15) is 9.18 Å². The van der Waals surface area contributed by atoms with Crippen LogP contribution in [0.1, 0.15) is 30.1 Å². The molecule has 0 bridgehead atoms. The van der Waals surface area contributed by atoms with Gasteiger partial charge in [-0.25, -0.2) is 4.39 Å². The summed E-state index contributed by atoms with van der Waals surface area (Å²) in [4.78, 5) is 23.6. The predicted molar refractivity (Wildman–Crippen MR) is 109 cm³/mol. The molecule has 1 aromatic heterocycles. The molecule has 28 heavy (non-hydrogen) atoms. The second kappa shape index (κ2) is 8.17. The van der Waals surface area contributed by atoms with Crippen LogP contribution in [-0.2, 0) is 0 Å². The van der Waals surface area contributed by atoms with Crippen molar-refractivity contribution >= 4 is 17.3 Å². The van der Waals surface area contributed by atoms with Crippen molar-refractivity contribution < 1.29 is 9.18 Å². The highest BCUT2D eigenvalue weighted by molar-refractivity contribution is 5.94. The molecular formula is C22H27FN4O. The van der Waals surface area contributed by atoms with Crippen molar-refractivity contribution in [3.05, 3.63) is 54.1 Å². The fourth-order valence-corrected chi connectivity index (χ4v) is 3.99. The fraction of sp³-hybridized carbons (Fsp3) is 0.455. The van der Waals surface area contributed by atoms with E-state index in [0.717, 1.165) is 63.5 Å². The molecule has 2 saturated heterocycles. The zero-order chi connectivity index (χ0) is 19.5. The molecule has 0 unspecified atom stereocenters. The number of carbonyl (C=O) groups is 1. The van der Waals surface area contributed by atoms with E-state index in [1.165, 1.54) is 12.1 Å². The van der Waals surface area contributed by atoms with Crippen LogP contribution in [0.15, 0.2) is 42.7 Å². The Hall–Kier alpha value is -2.63. The van der Waals surface area contributed by atoms with Crippen LogP contribution in [0.2, 0.25) is 0 Å². The van der Waals surface area contributed by atoms with E-state index in [2.05, 4.69) is 21.7 Å². The van der Waals surface area contributed by atoms with Crippen LogP contribution in [0, 0.1) is 11.7 Å². The topological polar surface area (TPSA) is 39.7 Å². The van der Waals surface area contributed by atoms with E-state index >= 15 is 0 Å². The zero-order valence-electron chi connectivity index (χ0n) is 16.4. The summed E-state index contributed by atoms with van der Waals surface area (Å²) in [7, 11) is 0. The highest BCUT2D eigenvalue weighted by Gasteiger charge is 2.23. The summed E-state index contributed by atoms with van der Waals surface area (Å²) >= 11 is 0. The molecule has 3 heterocycles. The molecule has 0 saturated carbocycles. The molecule has 2 aliphatic heterocycles. The summed E-state index contributed by atoms with van der Waals surface area (Å²) in [5.74, 6) is 0.579. The van der Waals surface area contributed by atoms with Crippen molar-refractivity contribution in [2.75, 3.05) is 49.1 Å². The SMILES string of the molecule is CC1CCN(C(=O)c2cncc(N3CCN(c4ccc(F)cc4)CC3)c2)CC1. The minimum absolute atomic E-state index is 0.0891. The molecule has 2 aliphatic rings. The number of piperidine rings is 1. The number of aromatic nitrogens is 1. The first-order valence-electron chi connectivity index (χ1n) is 10.1. The third-order valence-corrected chi connectivity index (χ3v) is 5.88. The van der Waals surface area contributed by atoms with Gasteiger partial charge in [0.15, 0.2) is 0 Å². The number of likely N-dealkylation sites (tertiary alicyclic amines) is 1. The Kier molecular flexibility index (Phi) is 5.46. The first kappa shape index (κ1) is 18.7. The maximum absolute atomic E-state index is 13.1. The number of nitrogens with zero attached hydrogens (tertiary/aromatic N) is 4.